The summed E-state index contributed by atoms with van der Waals surface area (Å²) in [6.07, 6.45) is 3.97. The first-order valence-corrected chi connectivity index (χ1v) is 6.31. The smallest absolute Gasteiger partial charge is 0.318 e. The SMILES string of the molecule is CC(C)N(CCC#N)C(=O)NC1C=CC(C(=O)O)C1. The van der Waals surface area contributed by atoms with Crippen LogP contribution in [0.5, 0.6) is 0 Å². The van der Waals surface area contributed by atoms with Gasteiger partial charge in [0.25, 0.3) is 0 Å². The van der Waals surface area contributed by atoms with E-state index in [0.29, 0.717) is 13.0 Å². The molecule has 6 heteroatoms. The van der Waals surface area contributed by atoms with Gasteiger partial charge in [-0.3, -0.25) is 4.79 Å². The Morgan fingerprint density at radius 1 is 1.53 bits per heavy atom. The van der Waals surface area contributed by atoms with Crippen LogP contribution in [0.2, 0.25) is 0 Å². The first-order valence-electron chi connectivity index (χ1n) is 6.31. The van der Waals surface area contributed by atoms with Crippen LogP contribution in [-0.4, -0.2) is 40.6 Å². The third-order valence-electron chi connectivity index (χ3n) is 3.06. The van der Waals surface area contributed by atoms with Crippen molar-refractivity contribution in [2.24, 2.45) is 5.92 Å². The van der Waals surface area contributed by atoms with E-state index >= 15 is 0 Å². The van der Waals surface area contributed by atoms with Gasteiger partial charge in [0, 0.05) is 12.6 Å². The number of amides is 2. The molecule has 2 atom stereocenters. The maximum atomic E-state index is 12.0. The molecule has 0 aromatic heterocycles. The Labute approximate surface area is 112 Å². The first-order chi connectivity index (χ1) is 8.95. The molecule has 0 aromatic carbocycles. The van der Waals surface area contributed by atoms with Crippen molar-refractivity contribution in [2.75, 3.05) is 6.54 Å². The number of hydrogen-bond acceptors (Lipinski definition) is 3. The fourth-order valence-corrected chi connectivity index (χ4v) is 2.00. The van der Waals surface area contributed by atoms with Crippen molar-refractivity contribution in [2.45, 2.75) is 38.8 Å². The molecule has 1 rings (SSSR count). The number of nitriles is 1. The van der Waals surface area contributed by atoms with Gasteiger partial charge in [-0.15, -0.1) is 0 Å². The highest BCUT2D eigenvalue weighted by Gasteiger charge is 2.27. The van der Waals surface area contributed by atoms with Crippen LogP contribution in [0.25, 0.3) is 0 Å². The molecule has 2 unspecified atom stereocenters. The number of hydrogen-bond donors (Lipinski definition) is 2. The topological polar surface area (TPSA) is 93.4 Å². The maximum Gasteiger partial charge on any atom is 0.318 e. The summed E-state index contributed by atoms with van der Waals surface area (Å²) in [5.41, 5.74) is 0. The molecule has 2 N–H and O–H groups in total. The molecule has 0 saturated heterocycles. The van der Waals surface area contributed by atoms with E-state index in [4.69, 9.17) is 10.4 Å². The van der Waals surface area contributed by atoms with Crippen LogP contribution in [0, 0.1) is 17.2 Å². The molecule has 0 fully saturated rings. The zero-order valence-electron chi connectivity index (χ0n) is 11.2. The molecular weight excluding hydrogens is 246 g/mol. The average molecular weight is 265 g/mol. The van der Waals surface area contributed by atoms with Crippen molar-refractivity contribution in [3.63, 3.8) is 0 Å². The predicted molar refractivity (Wildman–Crippen MR) is 69.3 cm³/mol. The fraction of sp³-hybridized carbons (Fsp3) is 0.615. The second-order valence-electron chi connectivity index (χ2n) is 4.82. The number of nitrogens with zero attached hydrogens (tertiary/aromatic N) is 2. The summed E-state index contributed by atoms with van der Waals surface area (Å²) in [4.78, 5) is 24.4. The highest BCUT2D eigenvalue weighted by atomic mass is 16.4. The number of rotatable bonds is 5. The monoisotopic (exact) mass is 265 g/mol. The number of carboxylic acids is 1. The molecular formula is C13H19N3O3. The third kappa shape index (κ3) is 4.28. The van der Waals surface area contributed by atoms with Gasteiger partial charge >= 0.3 is 12.0 Å². The molecule has 104 valence electrons. The maximum absolute atomic E-state index is 12.0. The molecule has 0 saturated carbocycles. The van der Waals surface area contributed by atoms with Crippen LogP contribution in [0.1, 0.15) is 26.7 Å². The number of nitrogens with one attached hydrogen (secondary N) is 1. The van der Waals surface area contributed by atoms with Crippen molar-refractivity contribution < 1.29 is 14.7 Å². The van der Waals surface area contributed by atoms with E-state index in [1.165, 1.54) is 0 Å². The Morgan fingerprint density at radius 3 is 2.68 bits per heavy atom. The van der Waals surface area contributed by atoms with Gasteiger partial charge < -0.3 is 15.3 Å². The summed E-state index contributed by atoms with van der Waals surface area (Å²) in [5.74, 6) is -1.41. The summed E-state index contributed by atoms with van der Waals surface area (Å²) in [6, 6.07) is 1.49. The highest BCUT2D eigenvalue weighted by Crippen LogP contribution is 2.18. The van der Waals surface area contributed by atoms with Gasteiger partial charge in [0.1, 0.15) is 0 Å². The van der Waals surface area contributed by atoms with Crippen molar-refractivity contribution in [3.8, 4) is 6.07 Å². The standard InChI is InChI=1S/C13H19N3O3/c1-9(2)16(7-3-6-14)13(19)15-11-5-4-10(8-11)12(17)18/h4-5,9-11H,3,7-8H2,1-2H3,(H,15,19)(H,17,18). The minimum absolute atomic E-state index is 0.00555. The van der Waals surface area contributed by atoms with Gasteiger partial charge in [-0.2, -0.15) is 5.26 Å². The van der Waals surface area contributed by atoms with E-state index in [1.807, 2.05) is 19.9 Å². The molecule has 0 aliphatic heterocycles. The number of aliphatic carboxylic acids is 1. The van der Waals surface area contributed by atoms with Gasteiger partial charge in [-0.05, 0) is 20.3 Å². The first kappa shape index (κ1) is 15.0. The molecule has 6 nitrogen and oxygen atoms in total. The second-order valence-corrected chi connectivity index (χ2v) is 4.82. The summed E-state index contributed by atoms with van der Waals surface area (Å²) >= 11 is 0. The van der Waals surface area contributed by atoms with Crippen molar-refractivity contribution in [3.05, 3.63) is 12.2 Å². The van der Waals surface area contributed by atoms with E-state index in [0.717, 1.165) is 0 Å². The van der Waals surface area contributed by atoms with Crippen molar-refractivity contribution in [1.29, 1.82) is 5.26 Å². The second kappa shape index (κ2) is 6.78. The van der Waals surface area contributed by atoms with Crippen molar-refractivity contribution >= 4 is 12.0 Å². The largest absolute Gasteiger partial charge is 0.481 e. The molecule has 0 radical (unpaired) electrons. The van der Waals surface area contributed by atoms with Crippen LogP contribution < -0.4 is 5.32 Å². The van der Waals surface area contributed by atoms with Crippen LogP contribution in [0.15, 0.2) is 12.2 Å². The molecule has 0 spiro atoms. The van der Waals surface area contributed by atoms with E-state index in [-0.39, 0.29) is 24.5 Å². The van der Waals surface area contributed by atoms with Gasteiger partial charge in [0.2, 0.25) is 0 Å². The molecule has 1 aliphatic carbocycles. The molecule has 0 heterocycles. The van der Waals surface area contributed by atoms with Gasteiger partial charge in [-0.25, -0.2) is 4.79 Å². The molecule has 1 aliphatic rings. The minimum atomic E-state index is -0.877. The Hall–Kier alpha value is -2.03. The van der Waals surface area contributed by atoms with Crippen LogP contribution in [0.3, 0.4) is 0 Å². The van der Waals surface area contributed by atoms with Crippen LogP contribution in [-0.2, 0) is 4.79 Å². The lowest BCUT2D eigenvalue weighted by molar-refractivity contribution is -0.140. The number of urea groups is 1. The van der Waals surface area contributed by atoms with Gasteiger partial charge in [0.05, 0.1) is 24.4 Å². The van der Waals surface area contributed by atoms with Crippen molar-refractivity contribution in [1.82, 2.24) is 10.2 Å². The lowest BCUT2D eigenvalue weighted by Gasteiger charge is -2.27. The summed E-state index contributed by atoms with van der Waals surface area (Å²) < 4.78 is 0. The fourth-order valence-electron chi connectivity index (χ4n) is 2.00. The normalized spacial score (nSPS) is 21.2. The minimum Gasteiger partial charge on any atom is -0.481 e. The average Bonchev–Trinajstić information content (AvgIpc) is 2.77. The van der Waals surface area contributed by atoms with Gasteiger partial charge in [-0.1, -0.05) is 12.2 Å². The van der Waals surface area contributed by atoms with E-state index in [1.54, 1.807) is 17.1 Å². The molecule has 0 aromatic rings. The lowest BCUT2D eigenvalue weighted by Crippen LogP contribution is -2.47. The lowest BCUT2D eigenvalue weighted by atomic mass is 10.1. The Balaban J connectivity index is 2.52. The van der Waals surface area contributed by atoms with E-state index in [9.17, 15) is 9.59 Å². The van der Waals surface area contributed by atoms with Gasteiger partial charge in [0.15, 0.2) is 0 Å². The molecule has 19 heavy (non-hydrogen) atoms. The summed E-state index contributed by atoms with van der Waals surface area (Å²) in [7, 11) is 0. The summed E-state index contributed by atoms with van der Waals surface area (Å²) in [5, 5.41) is 20.2. The zero-order chi connectivity index (χ0) is 14.4. The number of carbonyl (C=O) groups excluding carboxylic acids is 1. The summed E-state index contributed by atoms with van der Waals surface area (Å²) in [6.45, 7) is 4.13. The van der Waals surface area contributed by atoms with Crippen LogP contribution >= 0.6 is 0 Å². The third-order valence-corrected chi connectivity index (χ3v) is 3.06. The molecule has 0 bridgehead atoms. The van der Waals surface area contributed by atoms with E-state index < -0.39 is 11.9 Å². The Morgan fingerprint density at radius 2 is 2.21 bits per heavy atom. The number of carboxylic acid groups (broad SMARTS) is 1. The Kier molecular flexibility index (Phi) is 5.37. The quantitative estimate of drug-likeness (QED) is 0.734. The highest BCUT2D eigenvalue weighted by molar-refractivity contribution is 5.76. The Bertz CT molecular complexity index is 412. The molecule has 2 amide bonds. The van der Waals surface area contributed by atoms with E-state index in [2.05, 4.69) is 5.32 Å². The zero-order valence-corrected chi connectivity index (χ0v) is 11.2. The number of carbonyl (C=O) groups is 2. The van der Waals surface area contributed by atoms with Crippen LogP contribution in [0.4, 0.5) is 4.79 Å². The predicted octanol–water partition coefficient (Wildman–Crippen LogP) is 1.35.